The first-order chi connectivity index (χ1) is 9.24. The van der Waals surface area contributed by atoms with Crippen molar-refractivity contribution in [2.24, 2.45) is 0 Å². The molecule has 2 heterocycles. The molecule has 0 N–H and O–H groups in total. The summed E-state index contributed by atoms with van der Waals surface area (Å²) >= 11 is 0. The maximum atomic E-state index is 12.3. The van der Waals surface area contributed by atoms with Crippen molar-refractivity contribution >= 4 is 5.78 Å². The van der Waals surface area contributed by atoms with E-state index in [-0.39, 0.29) is 12.4 Å². The molecule has 0 saturated heterocycles. The number of para-hydroxylation sites is 2. The molecule has 1 aliphatic rings. The summed E-state index contributed by atoms with van der Waals surface area (Å²) in [5.41, 5.74) is 1.42. The molecule has 0 spiro atoms. The van der Waals surface area contributed by atoms with Gasteiger partial charge < -0.3 is 9.47 Å². The van der Waals surface area contributed by atoms with E-state index in [0.717, 1.165) is 5.69 Å². The summed E-state index contributed by atoms with van der Waals surface area (Å²) in [5.74, 6) is 1.17. The van der Waals surface area contributed by atoms with Gasteiger partial charge in [0, 0.05) is 17.5 Å². The Hall–Kier alpha value is -2.36. The normalized spacial score (nSPS) is 17.0. The highest BCUT2D eigenvalue weighted by Crippen LogP contribution is 2.31. The first-order valence-electron chi connectivity index (χ1n) is 6.09. The second-order valence-electron chi connectivity index (χ2n) is 4.42. The number of nitrogens with zero attached hydrogens (tertiary/aromatic N) is 1. The molecule has 1 aromatic carbocycles. The van der Waals surface area contributed by atoms with Gasteiger partial charge in [-0.15, -0.1) is 0 Å². The van der Waals surface area contributed by atoms with Gasteiger partial charge in [0.25, 0.3) is 0 Å². The summed E-state index contributed by atoms with van der Waals surface area (Å²) in [5, 5.41) is 0. The van der Waals surface area contributed by atoms with Crippen LogP contribution in [0, 0.1) is 6.92 Å². The standard InChI is InChI=1S/C15H13NO3/c1-10-6-7-11(8-16-10)15(17)14-9-18-12-4-2-3-5-13(12)19-14/h2-8,14H,9H2,1H3. The Bertz CT molecular complexity index is 607. The number of fused-ring (bicyclic) bond motifs is 1. The first kappa shape index (κ1) is 11.7. The lowest BCUT2D eigenvalue weighted by Gasteiger charge is -2.25. The summed E-state index contributed by atoms with van der Waals surface area (Å²) < 4.78 is 11.2. The number of carbonyl (C=O) groups is 1. The first-order valence-corrected chi connectivity index (χ1v) is 6.09. The van der Waals surface area contributed by atoms with Crippen LogP contribution in [0.15, 0.2) is 42.6 Å². The van der Waals surface area contributed by atoms with Crippen LogP contribution < -0.4 is 9.47 Å². The van der Waals surface area contributed by atoms with Crippen LogP contribution in [-0.2, 0) is 0 Å². The molecule has 96 valence electrons. The fraction of sp³-hybridized carbons (Fsp3) is 0.200. The third-order valence-electron chi connectivity index (χ3n) is 3.00. The highest BCUT2D eigenvalue weighted by atomic mass is 16.6. The zero-order valence-corrected chi connectivity index (χ0v) is 10.5. The van der Waals surface area contributed by atoms with E-state index >= 15 is 0 Å². The lowest BCUT2D eigenvalue weighted by molar-refractivity contribution is 0.0585. The van der Waals surface area contributed by atoms with Gasteiger partial charge in [0.05, 0.1) is 0 Å². The Kier molecular flexibility index (Phi) is 2.91. The smallest absolute Gasteiger partial charge is 0.208 e. The van der Waals surface area contributed by atoms with Crippen molar-refractivity contribution in [3.05, 3.63) is 53.9 Å². The Morgan fingerprint density at radius 2 is 2.00 bits per heavy atom. The van der Waals surface area contributed by atoms with Crippen molar-refractivity contribution in [3.8, 4) is 11.5 Å². The zero-order valence-electron chi connectivity index (χ0n) is 10.5. The van der Waals surface area contributed by atoms with Gasteiger partial charge in [0.1, 0.15) is 6.61 Å². The van der Waals surface area contributed by atoms with Crippen LogP contribution in [0.4, 0.5) is 0 Å². The van der Waals surface area contributed by atoms with E-state index in [1.807, 2.05) is 31.2 Å². The highest BCUT2D eigenvalue weighted by molar-refractivity contribution is 5.99. The number of ether oxygens (including phenoxy) is 2. The fourth-order valence-corrected chi connectivity index (χ4v) is 1.95. The minimum Gasteiger partial charge on any atom is -0.485 e. The van der Waals surface area contributed by atoms with E-state index in [4.69, 9.17) is 9.47 Å². The van der Waals surface area contributed by atoms with Crippen molar-refractivity contribution < 1.29 is 14.3 Å². The van der Waals surface area contributed by atoms with Crippen LogP contribution in [0.3, 0.4) is 0 Å². The van der Waals surface area contributed by atoms with Crippen LogP contribution in [0.1, 0.15) is 16.1 Å². The fourth-order valence-electron chi connectivity index (χ4n) is 1.95. The number of rotatable bonds is 2. The van der Waals surface area contributed by atoms with Crippen molar-refractivity contribution in [2.45, 2.75) is 13.0 Å². The predicted octanol–water partition coefficient (Wildman–Crippen LogP) is 2.41. The molecule has 1 aromatic heterocycles. The third-order valence-corrected chi connectivity index (χ3v) is 3.00. The minimum absolute atomic E-state index is 0.109. The molecule has 3 rings (SSSR count). The van der Waals surface area contributed by atoms with Crippen molar-refractivity contribution in [3.63, 3.8) is 0 Å². The summed E-state index contributed by atoms with van der Waals surface area (Å²) in [6.45, 7) is 2.11. The zero-order chi connectivity index (χ0) is 13.2. The number of aromatic nitrogens is 1. The van der Waals surface area contributed by atoms with E-state index in [0.29, 0.717) is 17.1 Å². The minimum atomic E-state index is -0.612. The molecule has 0 saturated carbocycles. The van der Waals surface area contributed by atoms with Gasteiger partial charge >= 0.3 is 0 Å². The molecule has 19 heavy (non-hydrogen) atoms. The molecule has 0 amide bonds. The van der Waals surface area contributed by atoms with Crippen molar-refractivity contribution in [2.75, 3.05) is 6.61 Å². The molecule has 1 aliphatic heterocycles. The maximum absolute atomic E-state index is 12.3. The van der Waals surface area contributed by atoms with Gasteiger partial charge in [0.15, 0.2) is 17.6 Å². The maximum Gasteiger partial charge on any atom is 0.208 e. The largest absolute Gasteiger partial charge is 0.485 e. The van der Waals surface area contributed by atoms with E-state index in [1.54, 1.807) is 18.3 Å². The summed E-state index contributed by atoms with van der Waals surface area (Å²) in [6.07, 6.45) is 0.959. The topological polar surface area (TPSA) is 48.4 Å². The van der Waals surface area contributed by atoms with Crippen LogP contribution in [0.5, 0.6) is 11.5 Å². The van der Waals surface area contributed by atoms with E-state index < -0.39 is 6.10 Å². The van der Waals surface area contributed by atoms with Crippen LogP contribution in [0.2, 0.25) is 0 Å². The Balaban J connectivity index is 1.81. The summed E-state index contributed by atoms with van der Waals surface area (Å²) in [7, 11) is 0. The predicted molar refractivity (Wildman–Crippen MR) is 69.7 cm³/mol. The number of Topliss-reactive ketones (excluding diaryl/α,β-unsaturated/α-hetero) is 1. The average molecular weight is 255 g/mol. The molecule has 1 atom stereocenters. The molecule has 4 nitrogen and oxygen atoms in total. The summed E-state index contributed by atoms with van der Waals surface area (Å²) in [4.78, 5) is 16.4. The van der Waals surface area contributed by atoms with Crippen molar-refractivity contribution in [1.82, 2.24) is 4.98 Å². The number of benzene rings is 1. The van der Waals surface area contributed by atoms with E-state index in [1.165, 1.54) is 0 Å². The van der Waals surface area contributed by atoms with Gasteiger partial charge in [-0.05, 0) is 31.2 Å². The van der Waals surface area contributed by atoms with Crippen LogP contribution in [-0.4, -0.2) is 23.5 Å². The molecule has 4 heteroatoms. The lowest BCUT2D eigenvalue weighted by atomic mass is 10.1. The molecule has 0 radical (unpaired) electrons. The Labute approximate surface area is 111 Å². The molecule has 0 aliphatic carbocycles. The number of pyridine rings is 1. The van der Waals surface area contributed by atoms with Gasteiger partial charge in [-0.2, -0.15) is 0 Å². The quantitative estimate of drug-likeness (QED) is 0.773. The number of ketones is 1. The number of hydrogen-bond acceptors (Lipinski definition) is 4. The van der Waals surface area contributed by atoms with E-state index in [9.17, 15) is 4.79 Å². The van der Waals surface area contributed by atoms with Gasteiger partial charge in [-0.3, -0.25) is 9.78 Å². The number of aryl methyl sites for hydroxylation is 1. The summed E-state index contributed by atoms with van der Waals surface area (Å²) in [6, 6.07) is 10.9. The number of hydrogen-bond donors (Lipinski definition) is 0. The molecular weight excluding hydrogens is 242 g/mol. The molecule has 2 aromatic rings. The molecule has 0 fully saturated rings. The van der Waals surface area contributed by atoms with Crippen molar-refractivity contribution in [1.29, 1.82) is 0 Å². The second-order valence-corrected chi connectivity index (χ2v) is 4.42. The van der Waals surface area contributed by atoms with Gasteiger partial charge in [-0.25, -0.2) is 0 Å². The Morgan fingerprint density at radius 3 is 2.74 bits per heavy atom. The van der Waals surface area contributed by atoms with Gasteiger partial charge in [0.2, 0.25) is 5.78 Å². The van der Waals surface area contributed by atoms with Crippen LogP contribution >= 0.6 is 0 Å². The monoisotopic (exact) mass is 255 g/mol. The molecule has 1 unspecified atom stereocenters. The number of carbonyl (C=O) groups excluding carboxylic acids is 1. The SMILES string of the molecule is Cc1ccc(C(=O)C2COc3ccccc3O2)cn1. The Morgan fingerprint density at radius 1 is 1.21 bits per heavy atom. The van der Waals surface area contributed by atoms with Crippen LogP contribution in [0.25, 0.3) is 0 Å². The third kappa shape index (κ3) is 2.29. The van der Waals surface area contributed by atoms with Gasteiger partial charge in [-0.1, -0.05) is 12.1 Å². The van der Waals surface area contributed by atoms with E-state index in [2.05, 4.69) is 4.98 Å². The second kappa shape index (κ2) is 4.72. The highest BCUT2D eigenvalue weighted by Gasteiger charge is 2.28. The average Bonchev–Trinajstić information content (AvgIpc) is 2.47. The molecule has 0 bridgehead atoms. The lowest BCUT2D eigenvalue weighted by Crippen LogP contribution is -2.36. The molecular formula is C15H13NO3.